The van der Waals surface area contributed by atoms with Crippen LogP contribution in [0.4, 0.5) is 0 Å². The van der Waals surface area contributed by atoms with Gasteiger partial charge >= 0.3 is 5.97 Å². The first kappa shape index (κ1) is 23.8. The minimum atomic E-state index is -1.63. The number of hydrogen-bond donors (Lipinski definition) is 1. The maximum Gasteiger partial charge on any atom is 0.324 e. The number of hydrogen-bond acceptors (Lipinski definition) is 6. The van der Waals surface area contributed by atoms with Crippen LogP contribution >= 0.6 is 0 Å². The standard InChI is InChI=1S/C20H36N2O4Si/c1-7-25-20(24)18(21-22(2)3)13-11-9-8-10-12-16-14-17(15-19(16)23)26-27(4,5)6/h8,10,14,17-18,21H,7,9,11-13,15H2,1-6H3. The number of unbranched alkanes of at least 4 members (excludes halogenated alkanes) is 1. The van der Waals surface area contributed by atoms with Crippen LogP contribution in [0.1, 0.15) is 39.0 Å². The zero-order valence-corrected chi connectivity index (χ0v) is 18.7. The first-order valence-corrected chi connectivity index (χ1v) is 13.2. The number of nitrogens with zero attached hydrogens (tertiary/aromatic N) is 1. The molecule has 2 atom stereocenters. The lowest BCUT2D eigenvalue weighted by Crippen LogP contribution is -2.45. The van der Waals surface area contributed by atoms with E-state index in [9.17, 15) is 9.59 Å². The molecular formula is C20H36N2O4Si. The second-order valence-corrected chi connectivity index (χ2v) is 12.5. The molecule has 1 aliphatic rings. The fraction of sp³-hybridized carbons (Fsp3) is 0.700. The van der Waals surface area contributed by atoms with Crippen LogP contribution in [-0.2, 0) is 18.8 Å². The molecule has 0 spiro atoms. The fourth-order valence-corrected chi connectivity index (χ4v) is 4.02. The van der Waals surface area contributed by atoms with Crippen molar-refractivity contribution in [2.45, 2.75) is 70.8 Å². The van der Waals surface area contributed by atoms with Gasteiger partial charge in [-0.25, -0.2) is 10.4 Å². The molecule has 154 valence electrons. The van der Waals surface area contributed by atoms with Crippen molar-refractivity contribution in [2.75, 3.05) is 20.7 Å². The number of allylic oxidation sites excluding steroid dienone is 3. The molecule has 0 saturated carbocycles. The summed E-state index contributed by atoms with van der Waals surface area (Å²) in [5.41, 5.74) is 3.95. The van der Waals surface area contributed by atoms with Crippen molar-refractivity contribution < 1.29 is 18.8 Å². The number of ketones is 1. The van der Waals surface area contributed by atoms with E-state index in [1.807, 2.05) is 33.2 Å². The van der Waals surface area contributed by atoms with E-state index in [4.69, 9.17) is 9.16 Å². The van der Waals surface area contributed by atoms with Crippen LogP contribution in [0.5, 0.6) is 0 Å². The Morgan fingerprint density at radius 2 is 2.07 bits per heavy atom. The molecule has 0 saturated heterocycles. The molecule has 0 aliphatic heterocycles. The smallest absolute Gasteiger partial charge is 0.324 e. The second kappa shape index (κ2) is 11.5. The third kappa shape index (κ3) is 10.00. The van der Waals surface area contributed by atoms with Crippen LogP contribution in [0, 0.1) is 0 Å². The van der Waals surface area contributed by atoms with Crippen LogP contribution < -0.4 is 5.43 Å². The molecule has 0 radical (unpaired) electrons. The van der Waals surface area contributed by atoms with Crippen LogP contribution in [0.25, 0.3) is 0 Å². The van der Waals surface area contributed by atoms with Gasteiger partial charge in [-0.3, -0.25) is 9.59 Å². The van der Waals surface area contributed by atoms with Crippen molar-refractivity contribution in [3.05, 3.63) is 23.8 Å². The lowest BCUT2D eigenvalue weighted by molar-refractivity contribution is -0.147. The Labute approximate surface area is 165 Å². The molecule has 2 unspecified atom stereocenters. The third-order valence-corrected chi connectivity index (χ3v) is 5.00. The highest BCUT2D eigenvalue weighted by molar-refractivity contribution is 6.69. The highest BCUT2D eigenvalue weighted by atomic mass is 28.4. The molecular weight excluding hydrogens is 360 g/mol. The minimum absolute atomic E-state index is 0.0463. The number of rotatable bonds is 12. The normalized spacial score (nSPS) is 19.0. The van der Waals surface area contributed by atoms with Crippen LogP contribution in [0.3, 0.4) is 0 Å². The highest BCUT2D eigenvalue weighted by Gasteiger charge is 2.28. The van der Waals surface area contributed by atoms with Crippen molar-refractivity contribution >= 4 is 20.1 Å². The molecule has 0 bridgehead atoms. The zero-order valence-electron chi connectivity index (χ0n) is 17.7. The topological polar surface area (TPSA) is 67.9 Å². The Bertz CT molecular complexity index is 553. The average Bonchev–Trinajstić information content (AvgIpc) is 2.86. The molecule has 1 aliphatic carbocycles. The predicted molar refractivity (Wildman–Crippen MR) is 111 cm³/mol. The summed E-state index contributed by atoms with van der Waals surface area (Å²) >= 11 is 0. The quantitative estimate of drug-likeness (QED) is 0.180. The molecule has 0 amide bonds. The third-order valence-electron chi connectivity index (χ3n) is 3.99. The summed E-state index contributed by atoms with van der Waals surface area (Å²) in [5.74, 6) is -0.0224. The number of carbonyl (C=O) groups excluding carboxylic acids is 2. The molecule has 0 fully saturated rings. The van der Waals surface area contributed by atoms with Gasteiger partial charge in [0.2, 0.25) is 0 Å². The van der Waals surface area contributed by atoms with Crippen LogP contribution in [0.15, 0.2) is 23.8 Å². The number of ether oxygens (including phenoxy) is 1. The number of nitrogens with one attached hydrogen (secondary N) is 1. The van der Waals surface area contributed by atoms with E-state index in [1.54, 1.807) is 5.01 Å². The molecule has 0 aromatic carbocycles. The zero-order chi connectivity index (χ0) is 20.4. The Kier molecular flexibility index (Phi) is 10.1. The molecule has 7 heteroatoms. The Balaban J connectivity index is 2.38. The average molecular weight is 397 g/mol. The summed E-state index contributed by atoms with van der Waals surface area (Å²) in [5, 5.41) is 1.77. The van der Waals surface area contributed by atoms with Crippen molar-refractivity contribution in [3.63, 3.8) is 0 Å². The molecule has 0 aromatic rings. The van der Waals surface area contributed by atoms with Crippen molar-refractivity contribution in [1.82, 2.24) is 10.4 Å². The van der Waals surface area contributed by atoms with E-state index >= 15 is 0 Å². The van der Waals surface area contributed by atoms with Gasteiger partial charge in [0.05, 0.1) is 12.7 Å². The summed E-state index contributed by atoms with van der Waals surface area (Å²) in [7, 11) is 2.09. The van der Waals surface area contributed by atoms with E-state index in [0.717, 1.165) is 18.4 Å². The number of Topliss-reactive ketones (excluding diaryl/α,β-unsaturated/α-hetero) is 1. The van der Waals surface area contributed by atoms with E-state index in [-0.39, 0.29) is 23.9 Å². The minimum Gasteiger partial charge on any atom is -0.465 e. The lowest BCUT2D eigenvalue weighted by atomic mass is 10.1. The summed E-state index contributed by atoms with van der Waals surface area (Å²) < 4.78 is 11.1. The van der Waals surface area contributed by atoms with Gasteiger partial charge in [-0.15, -0.1) is 0 Å². The van der Waals surface area contributed by atoms with Gasteiger partial charge in [0.25, 0.3) is 0 Å². The molecule has 6 nitrogen and oxygen atoms in total. The molecule has 27 heavy (non-hydrogen) atoms. The van der Waals surface area contributed by atoms with Crippen LogP contribution in [-0.4, -0.2) is 57.9 Å². The van der Waals surface area contributed by atoms with Crippen molar-refractivity contribution in [1.29, 1.82) is 0 Å². The number of hydrazine groups is 1. The van der Waals surface area contributed by atoms with Gasteiger partial charge in [-0.2, -0.15) is 0 Å². The molecule has 0 aromatic heterocycles. The van der Waals surface area contributed by atoms with E-state index in [0.29, 0.717) is 25.9 Å². The SMILES string of the molecule is CCOC(=O)C(CCCC=CCC1=CC(O[Si](C)(C)C)CC1=O)NN(C)C. The number of carbonyl (C=O) groups is 2. The van der Waals surface area contributed by atoms with E-state index < -0.39 is 8.32 Å². The lowest BCUT2D eigenvalue weighted by Gasteiger charge is -2.21. The van der Waals surface area contributed by atoms with Crippen molar-refractivity contribution in [2.24, 2.45) is 0 Å². The first-order chi connectivity index (χ1) is 12.6. The maximum atomic E-state index is 12.1. The van der Waals surface area contributed by atoms with Gasteiger partial charge in [0.15, 0.2) is 14.1 Å². The monoisotopic (exact) mass is 396 g/mol. The predicted octanol–water partition coefficient (Wildman–Crippen LogP) is 3.22. The Morgan fingerprint density at radius 3 is 2.67 bits per heavy atom. The van der Waals surface area contributed by atoms with Gasteiger partial charge < -0.3 is 9.16 Å². The van der Waals surface area contributed by atoms with E-state index in [1.165, 1.54) is 0 Å². The summed E-state index contributed by atoms with van der Waals surface area (Å²) in [4.78, 5) is 24.0. The first-order valence-electron chi connectivity index (χ1n) is 9.79. The van der Waals surface area contributed by atoms with Crippen LogP contribution in [0.2, 0.25) is 19.6 Å². The fourth-order valence-electron chi connectivity index (χ4n) is 2.96. The van der Waals surface area contributed by atoms with E-state index in [2.05, 4.69) is 31.1 Å². The van der Waals surface area contributed by atoms with Gasteiger partial charge in [0.1, 0.15) is 6.04 Å². The summed E-state index contributed by atoms with van der Waals surface area (Å²) in [6.45, 7) is 8.61. The Hall–Kier alpha value is -1.28. The summed E-state index contributed by atoms with van der Waals surface area (Å²) in [6, 6.07) is -0.327. The Morgan fingerprint density at radius 1 is 1.37 bits per heavy atom. The highest BCUT2D eigenvalue weighted by Crippen LogP contribution is 2.23. The largest absolute Gasteiger partial charge is 0.465 e. The molecule has 1 rings (SSSR count). The number of esters is 1. The van der Waals surface area contributed by atoms with Gasteiger partial charge in [0, 0.05) is 20.5 Å². The maximum absolute atomic E-state index is 12.1. The van der Waals surface area contributed by atoms with Gasteiger partial charge in [-0.05, 0) is 63.9 Å². The summed E-state index contributed by atoms with van der Waals surface area (Å²) in [6.07, 6.45) is 9.63. The van der Waals surface area contributed by atoms with Crippen molar-refractivity contribution in [3.8, 4) is 0 Å². The second-order valence-electron chi connectivity index (χ2n) is 8.02. The molecule has 0 heterocycles. The van der Waals surface area contributed by atoms with Gasteiger partial charge in [-0.1, -0.05) is 12.2 Å². The molecule has 1 N–H and O–H groups in total.